The number of carbonyl (C=O) groups is 4. The first-order chi connectivity index (χ1) is 25.0. The summed E-state index contributed by atoms with van der Waals surface area (Å²) >= 11 is 0. The fourth-order valence-corrected chi connectivity index (χ4v) is 10.7. The van der Waals surface area contributed by atoms with E-state index in [4.69, 9.17) is 0 Å². The van der Waals surface area contributed by atoms with Crippen molar-refractivity contribution in [2.75, 3.05) is 41.3 Å². The van der Waals surface area contributed by atoms with Crippen molar-refractivity contribution in [3.63, 3.8) is 0 Å². The average molecular weight is 753 g/mol. The molecule has 8 nitrogen and oxygen atoms in total. The minimum atomic E-state index is 0. The predicted octanol–water partition coefficient (Wildman–Crippen LogP) is 8.38. The van der Waals surface area contributed by atoms with E-state index in [1.165, 1.54) is 50.5 Å². The number of likely N-dealkylation sites (N-methyl/N-ethyl adjacent to an activating group) is 4. The van der Waals surface area contributed by atoms with Crippen LogP contribution in [0.15, 0.2) is 30.3 Å². The molecular formula is C46H80N4O4. The first-order valence-electron chi connectivity index (χ1n) is 20.9. The van der Waals surface area contributed by atoms with Crippen LogP contribution >= 0.6 is 0 Å². The first-order valence-corrected chi connectivity index (χ1v) is 20.9. The maximum atomic E-state index is 11.4. The molecule has 0 aromatic heterocycles. The highest BCUT2D eigenvalue weighted by molar-refractivity contribution is 5.83. The number of hydrogen-bond donors (Lipinski definition) is 0. The van der Waals surface area contributed by atoms with Crippen molar-refractivity contribution in [3.8, 4) is 0 Å². The van der Waals surface area contributed by atoms with E-state index in [9.17, 15) is 19.2 Å². The molecule has 1 saturated carbocycles. The lowest BCUT2D eigenvalue weighted by Crippen LogP contribution is -2.40. The van der Waals surface area contributed by atoms with Crippen LogP contribution in [-0.2, 0) is 19.2 Å². The SMILES string of the molecule is C.CC(=O)C1C(C)C(C)CN1C.CC(=O)C1CCC(C2CCCCC2)N1C.CC(=O)C1CCC(c2ccccc2)N1C.CCC1CN(C)C(C(C)=O)C1C. The molecule has 4 aliphatic heterocycles. The van der Waals surface area contributed by atoms with E-state index in [1.54, 1.807) is 27.7 Å². The number of ketones is 4. The van der Waals surface area contributed by atoms with Crippen LogP contribution in [0.1, 0.15) is 139 Å². The Morgan fingerprint density at radius 2 is 1.11 bits per heavy atom. The Kier molecular flexibility index (Phi) is 19.9. The van der Waals surface area contributed by atoms with Crippen LogP contribution in [0.3, 0.4) is 0 Å². The van der Waals surface area contributed by atoms with Crippen LogP contribution in [0.25, 0.3) is 0 Å². The second kappa shape index (κ2) is 22.5. The highest BCUT2D eigenvalue weighted by Gasteiger charge is 2.40. The number of likely N-dealkylation sites (tertiary alicyclic amines) is 4. The number of Topliss-reactive ketones (excluding diaryl/α,β-unsaturated/α-hetero) is 4. The lowest BCUT2D eigenvalue weighted by atomic mass is 9.83. The molecule has 8 heteroatoms. The van der Waals surface area contributed by atoms with Crippen molar-refractivity contribution in [1.82, 2.24) is 19.6 Å². The molecule has 1 aliphatic carbocycles. The van der Waals surface area contributed by atoms with Gasteiger partial charge in [-0.3, -0.25) is 38.8 Å². The van der Waals surface area contributed by atoms with Gasteiger partial charge >= 0.3 is 0 Å². The van der Waals surface area contributed by atoms with Crippen molar-refractivity contribution in [2.45, 2.75) is 163 Å². The fourth-order valence-electron chi connectivity index (χ4n) is 10.7. The second-order valence-corrected chi connectivity index (χ2v) is 17.5. The molecule has 0 radical (unpaired) electrons. The third-order valence-electron chi connectivity index (χ3n) is 13.8. The van der Waals surface area contributed by atoms with Gasteiger partial charge in [0.2, 0.25) is 0 Å². The largest absolute Gasteiger partial charge is 0.298 e. The molecule has 0 amide bonds. The van der Waals surface area contributed by atoms with Crippen molar-refractivity contribution >= 4 is 23.1 Å². The third-order valence-corrected chi connectivity index (χ3v) is 13.8. The van der Waals surface area contributed by atoms with Crippen LogP contribution in [0, 0.1) is 29.6 Å². The van der Waals surface area contributed by atoms with Crippen LogP contribution in [-0.4, -0.2) is 114 Å². The van der Waals surface area contributed by atoms with Gasteiger partial charge in [0.05, 0.1) is 24.2 Å². The lowest BCUT2D eigenvalue weighted by Gasteiger charge is -2.33. The minimum absolute atomic E-state index is 0. The van der Waals surface area contributed by atoms with Crippen LogP contribution in [0.5, 0.6) is 0 Å². The Morgan fingerprint density at radius 3 is 1.50 bits per heavy atom. The first kappa shape index (κ1) is 47.9. The summed E-state index contributed by atoms with van der Waals surface area (Å²) in [6, 6.07) is 12.2. The maximum Gasteiger partial charge on any atom is 0.147 e. The highest BCUT2D eigenvalue weighted by Crippen LogP contribution is 2.37. The Hall–Kier alpha value is -2.26. The topological polar surface area (TPSA) is 81.2 Å². The molecule has 10 atom stereocenters. The number of nitrogens with zero attached hydrogens (tertiary/aromatic N) is 4. The Bertz CT molecular complexity index is 1310. The Balaban J connectivity index is 0.000000250. The van der Waals surface area contributed by atoms with Crippen molar-refractivity contribution < 1.29 is 19.2 Å². The van der Waals surface area contributed by atoms with E-state index < -0.39 is 0 Å². The molecule has 308 valence electrons. The molecule has 4 heterocycles. The zero-order chi connectivity index (χ0) is 39.6. The lowest BCUT2D eigenvalue weighted by molar-refractivity contribution is -0.122. The van der Waals surface area contributed by atoms with Gasteiger partial charge in [0.1, 0.15) is 23.1 Å². The smallest absolute Gasteiger partial charge is 0.147 e. The molecule has 0 bridgehead atoms. The summed E-state index contributed by atoms with van der Waals surface area (Å²) in [4.78, 5) is 54.2. The number of rotatable bonds is 7. The van der Waals surface area contributed by atoms with Crippen LogP contribution < -0.4 is 0 Å². The van der Waals surface area contributed by atoms with E-state index in [1.807, 2.05) is 13.1 Å². The molecule has 0 N–H and O–H groups in total. The van der Waals surface area contributed by atoms with Gasteiger partial charge in [0, 0.05) is 25.2 Å². The molecule has 5 fully saturated rings. The summed E-state index contributed by atoms with van der Waals surface area (Å²) < 4.78 is 0. The maximum absolute atomic E-state index is 11.4. The number of carbonyl (C=O) groups excluding carboxylic acids is 4. The van der Waals surface area contributed by atoms with Gasteiger partial charge in [0.15, 0.2) is 0 Å². The van der Waals surface area contributed by atoms with Gasteiger partial charge in [-0.05, 0) is 130 Å². The van der Waals surface area contributed by atoms with E-state index in [0.29, 0.717) is 53.1 Å². The van der Waals surface area contributed by atoms with E-state index in [-0.39, 0.29) is 37.4 Å². The second-order valence-electron chi connectivity index (χ2n) is 17.5. The summed E-state index contributed by atoms with van der Waals surface area (Å²) in [5, 5.41) is 0. The molecule has 1 aromatic carbocycles. The number of benzene rings is 1. The summed E-state index contributed by atoms with van der Waals surface area (Å²) in [5.74, 6) is 4.58. The van der Waals surface area contributed by atoms with Gasteiger partial charge in [-0.15, -0.1) is 0 Å². The van der Waals surface area contributed by atoms with Crippen LogP contribution in [0.2, 0.25) is 0 Å². The van der Waals surface area contributed by atoms with Gasteiger partial charge < -0.3 is 0 Å². The Labute approximate surface area is 331 Å². The van der Waals surface area contributed by atoms with E-state index in [2.05, 4.69) is 92.7 Å². The van der Waals surface area contributed by atoms with E-state index >= 15 is 0 Å². The molecule has 0 spiro atoms. The molecule has 1 aromatic rings. The fraction of sp³-hybridized carbons (Fsp3) is 0.783. The Morgan fingerprint density at radius 1 is 0.611 bits per heavy atom. The van der Waals surface area contributed by atoms with Crippen molar-refractivity contribution in [1.29, 1.82) is 0 Å². The summed E-state index contributed by atoms with van der Waals surface area (Å²) in [6.45, 7) is 17.8. The van der Waals surface area contributed by atoms with Crippen molar-refractivity contribution in [2.24, 2.45) is 29.6 Å². The third kappa shape index (κ3) is 12.4. The highest BCUT2D eigenvalue weighted by atomic mass is 16.1. The van der Waals surface area contributed by atoms with Crippen molar-refractivity contribution in [3.05, 3.63) is 35.9 Å². The standard InChI is InChI=1S/C13H23NO.C13H17NO.C10H19NO.C9H17NO.CH4/c2*1-10(15)12-8-9-13(14(12)2)11-6-4-3-5-7-11;1-5-9-6-11(4)10(7(9)2)8(3)12;1-6-5-10(4)9(7(6)2)8(3)11;/h11-13H,3-9H2,1-2H3;3-7,12-13H,8-9H2,1-2H3;7,9-10H,5-6H2,1-4H3;6-7,9H,5H2,1-4H3;1H4. The summed E-state index contributed by atoms with van der Waals surface area (Å²) in [5.41, 5.74) is 1.32. The normalized spacial score (nSPS) is 33.3. The molecule has 10 unspecified atom stereocenters. The van der Waals surface area contributed by atoms with Gasteiger partial charge in [-0.2, -0.15) is 0 Å². The molecule has 6 rings (SSSR count). The average Bonchev–Trinajstić information content (AvgIpc) is 3.85. The van der Waals surface area contributed by atoms with Crippen LogP contribution in [0.4, 0.5) is 0 Å². The van der Waals surface area contributed by atoms with Gasteiger partial charge in [-0.25, -0.2) is 0 Å². The predicted molar refractivity (Wildman–Crippen MR) is 225 cm³/mol. The molecule has 54 heavy (non-hydrogen) atoms. The molecule has 4 saturated heterocycles. The monoisotopic (exact) mass is 753 g/mol. The zero-order valence-electron chi connectivity index (χ0n) is 35.6. The minimum Gasteiger partial charge on any atom is -0.298 e. The summed E-state index contributed by atoms with van der Waals surface area (Å²) in [7, 11) is 8.29. The zero-order valence-corrected chi connectivity index (χ0v) is 35.6. The van der Waals surface area contributed by atoms with E-state index in [0.717, 1.165) is 38.3 Å². The van der Waals surface area contributed by atoms with Gasteiger partial charge in [-0.1, -0.05) is 91.1 Å². The quantitative estimate of drug-likeness (QED) is 0.275. The molecular weight excluding hydrogens is 673 g/mol. The van der Waals surface area contributed by atoms with Gasteiger partial charge in [0.25, 0.3) is 0 Å². The summed E-state index contributed by atoms with van der Waals surface area (Å²) in [6.07, 6.45) is 12.6. The molecule has 5 aliphatic rings. The number of hydrogen-bond acceptors (Lipinski definition) is 8.